The molecule has 0 saturated carbocycles. The van der Waals surface area contributed by atoms with Crippen LogP contribution in [0.2, 0.25) is 0 Å². The summed E-state index contributed by atoms with van der Waals surface area (Å²) in [6.07, 6.45) is 2.70. The lowest BCUT2D eigenvalue weighted by Gasteiger charge is -2.10. The van der Waals surface area contributed by atoms with Crippen molar-refractivity contribution >= 4 is 0 Å². The highest BCUT2D eigenvalue weighted by Gasteiger charge is 2.04. The molecule has 3 heteroatoms. The van der Waals surface area contributed by atoms with Crippen LogP contribution < -0.4 is 5.73 Å². The number of pyridine rings is 1. The van der Waals surface area contributed by atoms with Gasteiger partial charge in [0, 0.05) is 6.20 Å². The Labute approximate surface area is 78.6 Å². The molecule has 1 aromatic heterocycles. The summed E-state index contributed by atoms with van der Waals surface area (Å²) in [6.45, 7) is 2.82. The molecule has 0 aromatic carbocycles. The maximum Gasteiger partial charge on any atom is 0.0853 e. The fraction of sp³-hybridized carbons (Fsp3) is 0.500. The number of aliphatic hydroxyl groups is 1. The number of nitrogens with two attached hydrogens (primary N) is 1. The van der Waals surface area contributed by atoms with E-state index in [1.807, 2.05) is 12.1 Å². The maximum atomic E-state index is 8.89. The molecule has 1 aromatic rings. The van der Waals surface area contributed by atoms with Gasteiger partial charge in [-0.05, 0) is 36.6 Å². The van der Waals surface area contributed by atoms with Gasteiger partial charge in [0.2, 0.25) is 0 Å². The van der Waals surface area contributed by atoms with E-state index in [-0.39, 0.29) is 6.61 Å². The molecular formula is C10H16N2O. The number of aromatic nitrogens is 1. The average Bonchev–Trinajstić information content (AvgIpc) is 2.18. The Bertz CT molecular complexity index is 263. The van der Waals surface area contributed by atoms with Gasteiger partial charge >= 0.3 is 0 Å². The Kier molecular flexibility index (Phi) is 3.86. The van der Waals surface area contributed by atoms with Gasteiger partial charge in [-0.15, -0.1) is 0 Å². The van der Waals surface area contributed by atoms with Crippen molar-refractivity contribution in [1.29, 1.82) is 0 Å². The van der Waals surface area contributed by atoms with Crippen LogP contribution in [0.15, 0.2) is 18.3 Å². The third kappa shape index (κ3) is 2.79. The fourth-order valence-electron chi connectivity index (χ4n) is 1.31. The monoisotopic (exact) mass is 180 g/mol. The van der Waals surface area contributed by atoms with Crippen LogP contribution in [0.1, 0.15) is 30.5 Å². The van der Waals surface area contributed by atoms with Gasteiger partial charge in [0.25, 0.3) is 0 Å². The summed E-state index contributed by atoms with van der Waals surface area (Å²) in [5.74, 6) is 0.443. The van der Waals surface area contributed by atoms with Crippen molar-refractivity contribution in [3.63, 3.8) is 0 Å². The Hall–Kier alpha value is -0.930. The second kappa shape index (κ2) is 4.94. The van der Waals surface area contributed by atoms with E-state index in [9.17, 15) is 0 Å². The first-order chi connectivity index (χ1) is 6.27. The van der Waals surface area contributed by atoms with E-state index in [1.54, 1.807) is 6.20 Å². The zero-order valence-electron chi connectivity index (χ0n) is 7.90. The van der Waals surface area contributed by atoms with Crippen molar-refractivity contribution in [2.45, 2.75) is 25.9 Å². The number of nitrogens with zero attached hydrogens (tertiary/aromatic N) is 1. The van der Waals surface area contributed by atoms with Gasteiger partial charge in [-0.25, -0.2) is 0 Å². The summed E-state index contributed by atoms with van der Waals surface area (Å²) >= 11 is 0. The van der Waals surface area contributed by atoms with E-state index in [1.165, 1.54) is 5.56 Å². The highest BCUT2D eigenvalue weighted by atomic mass is 16.3. The van der Waals surface area contributed by atoms with Gasteiger partial charge < -0.3 is 10.8 Å². The van der Waals surface area contributed by atoms with E-state index >= 15 is 0 Å². The van der Waals surface area contributed by atoms with Gasteiger partial charge in [0.15, 0.2) is 0 Å². The van der Waals surface area contributed by atoms with Crippen LogP contribution in [-0.2, 0) is 6.61 Å². The first kappa shape index (κ1) is 10.2. The molecule has 1 atom stereocenters. The highest BCUT2D eigenvalue weighted by Crippen LogP contribution is 2.17. The molecule has 3 nitrogen and oxygen atoms in total. The predicted molar refractivity (Wildman–Crippen MR) is 52.2 cm³/mol. The third-order valence-corrected chi connectivity index (χ3v) is 2.17. The van der Waals surface area contributed by atoms with Gasteiger partial charge in [0.05, 0.1) is 12.3 Å². The summed E-state index contributed by atoms with van der Waals surface area (Å²) < 4.78 is 0. The van der Waals surface area contributed by atoms with Crippen LogP contribution in [0.5, 0.6) is 0 Å². The van der Waals surface area contributed by atoms with Gasteiger partial charge in [-0.2, -0.15) is 0 Å². The molecule has 3 N–H and O–H groups in total. The third-order valence-electron chi connectivity index (χ3n) is 2.17. The molecule has 0 amide bonds. The normalized spacial score (nSPS) is 12.8. The first-order valence-corrected chi connectivity index (χ1v) is 4.53. The van der Waals surface area contributed by atoms with E-state index < -0.39 is 0 Å². The average molecular weight is 180 g/mol. The number of rotatable bonds is 4. The lowest BCUT2D eigenvalue weighted by Crippen LogP contribution is -2.05. The SMILES string of the molecule is CC(CCN)c1ccnc(CO)c1. The van der Waals surface area contributed by atoms with E-state index in [2.05, 4.69) is 11.9 Å². The van der Waals surface area contributed by atoms with Crippen molar-refractivity contribution in [3.05, 3.63) is 29.6 Å². The molecule has 0 aliphatic heterocycles. The molecular weight excluding hydrogens is 164 g/mol. The van der Waals surface area contributed by atoms with Gasteiger partial charge in [0.1, 0.15) is 0 Å². The minimum absolute atomic E-state index is 0.00316. The second-order valence-corrected chi connectivity index (χ2v) is 3.22. The summed E-state index contributed by atoms with van der Waals surface area (Å²) in [6, 6.07) is 3.90. The molecule has 0 aliphatic carbocycles. The smallest absolute Gasteiger partial charge is 0.0853 e. The van der Waals surface area contributed by atoms with Crippen LogP contribution >= 0.6 is 0 Å². The van der Waals surface area contributed by atoms with Crippen molar-refractivity contribution in [2.75, 3.05) is 6.54 Å². The molecule has 0 radical (unpaired) electrons. The molecule has 0 saturated heterocycles. The molecule has 1 unspecified atom stereocenters. The molecule has 1 heterocycles. The Morgan fingerprint density at radius 2 is 2.38 bits per heavy atom. The quantitative estimate of drug-likeness (QED) is 0.727. The first-order valence-electron chi connectivity index (χ1n) is 4.53. The number of aliphatic hydroxyl groups excluding tert-OH is 1. The fourth-order valence-corrected chi connectivity index (χ4v) is 1.31. The summed E-state index contributed by atoms with van der Waals surface area (Å²) in [4.78, 5) is 4.02. The van der Waals surface area contributed by atoms with Gasteiger partial charge in [-0.1, -0.05) is 6.92 Å². The Morgan fingerprint density at radius 1 is 1.62 bits per heavy atom. The number of hydrogen-bond acceptors (Lipinski definition) is 3. The minimum atomic E-state index is 0.00316. The topological polar surface area (TPSA) is 59.1 Å². The summed E-state index contributed by atoms with van der Waals surface area (Å²) in [7, 11) is 0. The second-order valence-electron chi connectivity index (χ2n) is 3.22. The molecule has 1 rings (SSSR count). The lowest BCUT2D eigenvalue weighted by molar-refractivity contribution is 0.276. The molecule has 0 fully saturated rings. The van der Waals surface area contributed by atoms with E-state index in [0.29, 0.717) is 12.5 Å². The standard InChI is InChI=1S/C10H16N2O/c1-8(2-4-11)9-3-5-12-10(6-9)7-13/h3,5-6,8,13H,2,4,7,11H2,1H3. The summed E-state index contributed by atoms with van der Waals surface area (Å²) in [5.41, 5.74) is 7.39. The van der Waals surface area contributed by atoms with Gasteiger partial charge in [-0.3, -0.25) is 4.98 Å². The Morgan fingerprint density at radius 3 is 3.00 bits per heavy atom. The summed E-state index contributed by atoms with van der Waals surface area (Å²) in [5, 5.41) is 8.89. The predicted octanol–water partition coefficient (Wildman–Crippen LogP) is 1.03. The molecule has 0 aliphatic rings. The van der Waals surface area contributed by atoms with Crippen molar-refractivity contribution in [2.24, 2.45) is 5.73 Å². The van der Waals surface area contributed by atoms with Crippen LogP contribution in [0.3, 0.4) is 0 Å². The van der Waals surface area contributed by atoms with Crippen LogP contribution in [0.4, 0.5) is 0 Å². The molecule has 0 bridgehead atoms. The zero-order valence-corrected chi connectivity index (χ0v) is 7.90. The van der Waals surface area contributed by atoms with Crippen molar-refractivity contribution in [3.8, 4) is 0 Å². The van der Waals surface area contributed by atoms with E-state index in [4.69, 9.17) is 10.8 Å². The minimum Gasteiger partial charge on any atom is -0.390 e. The van der Waals surface area contributed by atoms with Crippen LogP contribution in [0.25, 0.3) is 0 Å². The molecule has 72 valence electrons. The van der Waals surface area contributed by atoms with E-state index in [0.717, 1.165) is 12.1 Å². The van der Waals surface area contributed by atoms with Crippen LogP contribution in [0, 0.1) is 0 Å². The molecule has 13 heavy (non-hydrogen) atoms. The Balaban J connectivity index is 2.75. The lowest BCUT2D eigenvalue weighted by atomic mass is 9.98. The molecule has 0 spiro atoms. The van der Waals surface area contributed by atoms with Crippen molar-refractivity contribution < 1.29 is 5.11 Å². The number of hydrogen-bond donors (Lipinski definition) is 2. The largest absolute Gasteiger partial charge is 0.390 e. The maximum absolute atomic E-state index is 8.89. The zero-order chi connectivity index (χ0) is 9.68. The highest BCUT2D eigenvalue weighted by molar-refractivity contribution is 5.19. The van der Waals surface area contributed by atoms with Crippen molar-refractivity contribution in [1.82, 2.24) is 4.98 Å². The van der Waals surface area contributed by atoms with Crippen LogP contribution in [-0.4, -0.2) is 16.6 Å².